The van der Waals surface area contributed by atoms with E-state index in [1.165, 1.54) is 18.5 Å². The highest BCUT2D eigenvalue weighted by Gasteiger charge is 2.39. The average Bonchev–Trinajstić information content (AvgIpc) is 3.07. The molecule has 0 bridgehead atoms. The molecule has 0 amide bonds. The van der Waals surface area contributed by atoms with Crippen LogP contribution in [-0.4, -0.2) is 46.9 Å². The molecule has 3 aromatic rings. The lowest BCUT2D eigenvalue weighted by Gasteiger charge is -2.13. The maximum Gasteiger partial charge on any atom is 0.452 e. The standard InChI is InChI=1S/C15H8F3N5O4/c16-15(17,18)14-22-21-11(10-19-2-1-3-20-10)23(14)9-5-7(12(24)25)4-8(6-9)13(26)27/h1-6H,(H,24,25)(H,26,27). The van der Waals surface area contributed by atoms with E-state index < -0.39 is 46.6 Å². The van der Waals surface area contributed by atoms with E-state index >= 15 is 0 Å². The number of benzene rings is 1. The summed E-state index contributed by atoms with van der Waals surface area (Å²) in [7, 11) is 0. The van der Waals surface area contributed by atoms with Gasteiger partial charge in [-0.3, -0.25) is 4.57 Å². The maximum absolute atomic E-state index is 13.4. The topological polar surface area (TPSA) is 131 Å². The van der Waals surface area contributed by atoms with Crippen molar-refractivity contribution < 1.29 is 33.0 Å². The SMILES string of the molecule is O=C(O)c1cc(C(=O)O)cc(-n2c(-c3ncccn3)nnc2C(F)(F)F)c1. The maximum atomic E-state index is 13.4. The molecular weight excluding hydrogens is 371 g/mol. The van der Waals surface area contributed by atoms with Gasteiger partial charge < -0.3 is 10.2 Å². The summed E-state index contributed by atoms with van der Waals surface area (Å²) in [5.74, 6) is -5.15. The van der Waals surface area contributed by atoms with Crippen molar-refractivity contribution in [3.63, 3.8) is 0 Å². The van der Waals surface area contributed by atoms with Crippen LogP contribution >= 0.6 is 0 Å². The molecule has 0 aliphatic rings. The monoisotopic (exact) mass is 379 g/mol. The van der Waals surface area contributed by atoms with E-state index in [-0.39, 0.29) is 5.82 Å². The Bertz CT molecular complexity index is 1000. The lowest BCUT2D eigenvalue weighted by Crippen LogP contribution is -2.16. The fraction of sp³-hybridized carbons (Fsp3) is 0.0667. The van der Waals surface area contributed by atoms with Crippen molar-refractivity contribution in [1.29, 1.82) is 0 Å². The molecule has 0 radical (unpaired) electrons. The zero-order valence-corrected chi connectivity index (χ0v) is 13.0. The summed E-state index contributed by atoms with van der Waals surface area (Å²) >= 11 is 0. The minimum atomic E-state index is -4.96. The molecule has 0 unspecified atom stereocenters. The van der Waals surface area contributed by atoms with Crippen molar-refractivity contribution in [1.82, 2.24) is 24.7 Å². The Morgan fingerprint density at radius 2 is 1.48 bits per heavy atom. The van der Waals surface area contributed by atoms with Gasteiger partial charge in [0.15, 0.2) is 5.82 Å². The van der Waals surface area contributed by atoms with E-state index in [0.717, 1.165) is 18.2 Å². The second-order valence-electron chi connectivity index (χ2n) is 5.13. The molecule has 9 nitrogen and oxygen atoms in total. The fourth-order valence-electron chi connectivity index (χ4n) is 2.26. The number of carboxylic acids is 2. The Kier molecular flexibility index (Phi) is 4.31. The number of hydrogen-bond acceptors (Lipinski definition) is 6. The molecule has 12 heteroatoms. The third-order valence-corrected chi connectivity index (χ3v) is 3.35. The normalized spacial score (nSPS) is 11.4. The van der Waals surface area contributed by atoms with E-state index in [2.05, 4.69) is 20.2 Å². The minimum absolute atomic E-state index is 0.210. The number of alkyl halides is 3. The highest BCUT2D eigenvalue weighted by molar-refractivity contribution is 5.94. The van der Waals surface area contributed by atoms with Gasteiger partial charge in [0.2, 0.25) is 11.6 Å². The highest BCUT2D eigenvalue weighted by atomic mass is 19.4. The van der Waals surface area contributed by atoms with Crippen LogP contribution < -0.4 is 0 Å². The molecule has 0 spiro atoms. The summed E-state index contributed by atoms with van der Waals surface area (Å²) in [6.45, 7) is 0. The number of aromatic nitrogens is 5. The molecule has 0 atom stereocenters. The van der Waals surface area contributed by atoms with Gasteiger partial charge >= 0.3 is 18.1 Å². The Hall–Kier alpha value is -3.83. The lowest BCUT2D eigenvalue weighted by atomic mass is 10.1. The van der Waals surface area contributed by atoms with Gasteiger partial charge in [-0.15, -0.1) is 10.2 Å². The van der Waals surface area contributed by atoms with Crippen LogP contribution in [0.5, 0.6) is 0 Å². The molecular formula is C15H8F3N5O4. The van der Waals surface area contributed by atoms with Gasteiger partial charge in [0, 0.05) is 12.4 Å². The first kappa shape index (κ1) is 18.0. The molecule has 27 heavy (non-hydrogen) atoms. The Labute approximate surface area is 147 Å². The zero-order valence-electron chi connectivity index (χ0n) is 13.0. The first-order valence-electron chi connectivity index (χ1n) is 7.10. The number of nitrogens with zero attached hydrogens (tertiary/aromatic N) is 5. The molecule has 2 N–H and O–H groups in total. The smallest absolute Gasteiger partial charge is 0.452 e. The summed E-state index contributed by atoms with van der Waals surface area (Å²) in [6.07, 6.45) is -2.42. The van der Waals surface area contributed by atoms with Crippen molar-refractivity contribution in [2.24, 2.45) is 0 Å². The third kappa shape index (κ3) is 3.44. The summed E-state index contributed by atoms with van der Waals surface area (Å²) in [5, 5.41) is 24.9. The highest BCUT2D eigenvalue weighted by Crippen LogP contribution is 2.33. The molecule has 138 valence electrons. The van der Waals surface area contributed by atoms with E-state index in [0.29, 0.717) is 4.57 Å². The van der Waals surface area contributed by atoms with Crippen LogP contribution in [0.4, 0.5) is 13.2 Å². The van der Waals surface area contributed by atoms with Crippen LogP contribution in [0.25, 0.3) is 17.3 Å². The quantitative estimate of drug-likeness (QED) is 0.705. The first-order chi connectivity index (χ1) is 12.7. The molecule has 0 saturated heterocycles. The fourth-order valence-corrected chi connectivity index (χ4v) is 2.26. The van der Waals surface area contributed by atoms with Gasteiger partial charge in [0.25, 0.3) is 0 Å². The van der Waals surface area contributed by atoms with Gasteiger partial charge in [-0.25, -0.2) is 19.6 Å². The van der Waals surface area contributed by atoms with Crippen LogP contribution in [0.2, 0.25) is 0 Å². The molecule has 0 aliphatic carbocycles. The molecule has 0 saturated carbocycles. The van der Waals surface area contributed by atoms with Crippen molar-refractivity contribution >= 4 is 11.9 Å². The number of aromatic carboxylic acids is 2. The van der Waals surface area contributed by atoms with Gasteiger partial charge in [-0.2, -0.15) is 13.2 Å². The van der Waals surface area contributed by atoms with Crippen molar-refractivity contribution in [3.05, 3.63) is 53.6 Å². The predicted octanol–water partition coefficient (Wildman–Crippen LogP) is 2.14. The second-order valence-corrected chi connectivity index (χ2v) is 5.13. The Morgan fingerprint density at radius 1 is 0.926 bits per heavy atom. The number of halogens is 3. The van der Waals surface area contributed by atoms with Gasteiger partial charge in [0.1, 0.15) is 0 Å². The second kappa shape index (κ2) is 6.48. The van der Waals surface area contributed by atoms with Crippen LogP contribution in [0.15, 0.2) is 36.7 Å². The molecule has 2 aromatic heterocycles. The van der Waals surface area contributed by atoms with E-state index in [9.17, 15) is 22.8 Å². The third-order valence-electron chi connectivity index (χ3n) is 3.35. The van der Waals surface area contributed by atoms with E-state index in [4.69, 9.17) is 10.2 Å². The van der Waals surface area contributed by atoms with Crippen LogP contribution in [-0.2, 0) is 6.18 Å². The van der Waals surface area contributed by atoms with Crippen LogP contribution in [0.1, 0.15) is 26.5 Å². The van der Waals surface area contributed by atoms with E-state index in [1.54, 1.807) is 0 Å². The molecule has 2 heterocycles. The van der Waals surface area contributed by atoms with Crippen LogP contribution in [0, 0.1) is 0 Å². The van der Waals surface area contributed by atoms with Crippen molar-refractivity contribution in [2.45, 2.75) is 6.18 Å². The first-order valence-corrected chi connectivity index (χ1v) is 7.10. The average molecular weight is 379 g/mol. The Morgan fingerprint density at radius 3 is 1.96 bits per heavy atom. The number of carbonyl (C=O) groups is 2. The van der Waals surface area contributed by atoms with Crippen LogP contribution in [0.3, 0.4) is 0 Å². The number of rotatable bonds is 4. The largest absolute Gasteiger partial charge is 0.478 e. The minimum Gasteiger partial charge on any atom is -0.478 e. The summed E-state index contributed by atoms with van der Waals surface area (Å²) in [6, 6.07) is 4.01. The number of hydrogen-bond donors (Lipinski definition) is 2. The summed E-state index contributed by atoms with van der Waals surface area (Å²) in [5.41, 5.74) is -1.45. The van der Waals surface area contributed by atoms with Gasteiger partial charge in [0.05, 0.1) is 16.8 Å². The summed E-state index contributed by atoms with van der Waals surface area (Å²) in [4.78, 5) is 30.1. The van der Waals surface area contributed by atoms with Crippen molar-refractivity contribution in [2.75, 3.05) is 0 Å². The molecule has 3 rings (SSSR count). The summed E-state index contributed by atoms with van der Waals surface area (Å²) < 4.78 is 40.6. The number of carboxylic acid groups (broad SMARTS) is 2. The van der Waals surface area contributed by atoms with Gasteiger partial charge in [-0.1, -0.05) is 0 Å². The van der Waals surface area contributed by atoms with Gasteiger partial charge in [-0.05, 0) is 24.3 Å². The Balaban J connectivity index is 2.35. The molecule has 0 fully saturated rings. The lowest BCUT2D eigenvalue weighted by molar-refractivity contribution is -0.146. The predicted molar refractivity (Wildman–Crippen MR) is 81.3 cm³/mol. The zero-order chi connectivity index (χ0) is 19.8. The van der Waals surface area contributed by atoms with Crippen molar-refractivity contribution in [3.8, 4) is 17.3 Å². The van der Waals surface area contributed by atoms with E-state index in [1.807, 2.05) is 0 Å². The molecule has 1 aromatic carbocycles. The molecule has 0 aliphatic heterocycles.